The van der Waals surface area contributed by atoms with Crippen LogP contribution in [0.4, 0.5) is 0 Å². The number of nitrogens with two attached hydrogens (primary N) is 1. The Morgan fingerprint density at radius 3 is 2.59 bits per heavy atom. The minimum absolute atomic E-state index is 0.296. The third-order valence-corrected chi connectivity index (χ3v) is 5.21. The molecule has 0 saturated heterocycles. The van der Waals surface area contributed by atoms with E-state index in [2.05, 4.69) is 0 Å². The van der Waals surface area contributed by atoms with E-state index in [9.17, 15) is 4.57 Å². The summed E-state index contributed by atoms with van der Waals surface area (Å²) in [5.41, 5.74) is 7.80. The summed E-state index contributed by atoms with van der Waals surface area (Å²) >= 11 is 5.92. The van der Waals surface area contributed by atoms with Crippen LogP contribution in [0.25, 0.3) is 5.57 Å². The monoisotopic (exact) mass is 341 g/mol. The van der Waals surface area contributed by atoms with Crippen LogP contribution in [0.1, 0.15) is 32.3 Å². The minimum atomic E-state index is -3.32. The first-order valence-electron chi connectivity index (χ1n) is 7.37. The minimum Gasteiger partial charge on any atom is -0.424 e. The highest BCUT2D eigenvalue weighted by Gasteiger charge is 2.30. The Labute approximate surface area is 136 Å². The van der Waals surface area contributed by atoms with E-state index < -0.39 is 7.60 Å². The van der Waals surface area contributed by atoms with Crippen molar-refractivity contribution in [3.05, 3.63) is 52.5 Å². The molecule has 4 nitrogen and oxygen atoms in total. The number of hydrogen-bond acceptors (Lipinski definition) is 4. The Morgan fingerprint density at radius 2 is 2.00 bits per heavy atom. The molecule has 2 rings (SSSR count). The van der Waals surface area contributed by atoms with Crippen molar-refractivity contribution in [1.29, 1.82) is 0 Å². The van der Waals surface area contributed by atoms with Gasteiger partial charge < -0.3 is 10.3 Å². The molecule has 22 heavy (non-hydrogen) atoms. The maximum atomic E-state index is 12.8. The topological polar surface area (TPSA) is 61.6 Å². The smallest absolute Gasteiger partial charge is 0.403 e. The number of halogens is 1. The molecule has 0 spiro atoms. The first kappa shape index (κ1) is 17.3. The van der Waals surface area contributed by atoms with E-state index in [-0.39, 0.29) is 6.04 Å². The van der Waals surface area contributed by atoms with Crippen LogP contribution in [-0.2, 0) is 13.6 Å². The van der Waals surface area contributed by atoms with Gasteiger partial charge in [0.05, 0.1) is 12.6 Å². The first-order chi connectivity index (χ1) is 10.5. The van der Waals surface area contributed by atoms with E-state index >= 15 is 0 Å². The number of benzene rings is 1. The lowest BCUT2D eigenvalue weighted by molar-refractivity contribution is 0.247. The summed E-state index contributed by atoms with van der Waals surface area (Å²) in [6.45, 7) is 4.13. The SMILES string of the molecule is CCCC(N)C1=CC(c2ccc(Cl)cc2)=CP(=O)(OCC)O1. The van der Waals surface area contributed by atoms with Gasteiger partial charge in [-0.05, 0) is 42.7 Å². The van der Waals surface area contributed by atoms with Crippen molar-refractivity contribution >= 4 is 24.8 Å². The third kappa shape index (κ3) is 4.23. The molecule has 6 heteroatoms. The summed E-state index contributed by atoms with van der Waals surface area (Å²) in [6, 6.07) is 7.02. The van der Waals surface area contributed by atoms with Crippen molar-refractivity contribution < 1.29 is 13.6 Å². The molecule has 0 radical (unpaired) electrons. The van der Waals surface area contributed by atoms with Gasteiger partial charge in [-0.2, -0.15) is 0 Å². The average molecular weight is 342 g/mol. The molecule has 1 aliphatic rings. The van der Waals surface area contributed by atoms with Gasteiger partial charge in [0.25, 0.3) is 0 Å². The normalized spacial score (nSPS) is 22.5. The molecule has 0 aliphatic carbocycles. The maximum absolute atomic E-state index is 12.8. The Morgan fingerprint density at radius 1 is 1.32 bits per heavy atom. The van der Waals surface area contributed by atoms with Gasteiger partial charge in [-0.25, -0.2) is 4.57 Å². The molecular formula is C16H21ClNO3P. The average Bonchev–Trinajstić information content (AvgIpc) is 2.47. The van der Waals surface area contributed by atoms with E-state index in [1.165, 1.54) is 0 Å². The molecule has 0 aromatic heterocycles. The molecule has 1 aromatic rings. The first-order valence-corrected chi connectivity index (χ1v) is 9.36. The predicted molar refractivity (Wildman–Crippen MR) is 90.7 cm³/mol. The van der Waals surface area contributed by atoms with Gasteiger partial charge in [0.15, 0.2) is 0 Å². The Hall–Kier alpha value is -1.06. The largest absolute Gasteiger partial charge is 0.424 e. The molecule has 0 fully saturated rings. The number of hydrogen-bond donors (Lipinski definition) is 1. The summed E-state index contributed by atoms with van der Waals surface area (Å²) in [6.07, 6.45) is 3.51. The van der Waals surface area contributed by atoms with Gasteiger partial charge in [-0.1, -0.05) is 37.1 Å². The summed E-state index contributed by atoms with van der Waals surface area (Å²) in [4.78, 5) is 0. The molecule has 0 saturated carbocycles. The lowest BCUT2D eigenvalue weighted by Crippen LogP contribution is -2.24. The lowest BCUT2D eigenvalue weighted by atomic mass is 10.0. The standard InChI is InChI=1S/C16H21ClNO3P/c1-3-5-15(18)16-10-13(11-22(19,21-16)20-4-2)12-6-8-14(17)9-7-12/h6-11,15H,3-5,18H2,1-2H3. The maximum Gasteiger partial charge on any atom is 0.403 e. The third-order valence-electron chi connectivity index (χ3n) is 3.28. The molecule has 2 N–H and O–H groups in total. The molecule has 1 aliphatic heterocycles. The van der Waals surface area contributed by atoms with Crippen molar-refractivity contribution in [3.8, 4) is 0 Å². The predicted octanol–water partition coefficient (Wildman–Crippen LogP) is 4.95. The second-order valence-electron chi connectivity index (χ2n) is 5.08. The molecule has 0 bridgehead atoms. The second kappa shape index (κ2) is 7.47. The molecule has 0 amide bonds. The van der Waals surface area contributed by atoms with Crippen LogP contribution < -0.4 is 5.73 Å². The van der Waals surface area contributed by atoms with Gasteiger partial charge in [0.2, 0.25) is 0 Å². The van der Waals surface area contributed by atoms with Gasteiger partial charge in [0, 0.05) is 10.8 Å². The quantitative estimate of drug-likeness (QED) is 0.743. The van der Waals surface area contributed by atoms with E-state index in [4.69, 9.17) is 26.4 Å². The van der Waals surface area contributed by atoms with Crippen LogP contribution >= 0.6 is 19.2 Å². The van der Waals surface area contributed by atoms with Crippen LogP contribution in [0.5, 0.6) is 0 Å². The molecule has 1 aromatic carbocycles. The van der Waals surface area contributed by atoms with Crippen molar-refractivity contribution in [3.63, 3.8) is 0 Å². The van der Waals surface area contributed by atoms with E-state index in [0.717, 1.165) is 24.0 Å². The Kier molecular flexibility index (Phi) is 5.87. The second-order valence-corrected chi connectivity index (χ2v) is 7.30. The Bertz CT molecular complexity index is 625. The van der Waals surface area contributed by atoms with Crippen LogP contribution in [0.3, 0.4) is 0 Å². The lowest BCUT2D eigenvalue weighted by Gasteiger charge is -2.26. The van der Waals surface area contributed by atoms with E-state index in [1.807, 2.05) is 25.1 Å². The number of rotatable bonds is 6. The van der Waals surface area contributed by atoms with Crippen molar-refractivity contribution in [1.82, 2.24) is 0 Å². The zero-order valence-corrected chi connectivity index (χ0v) is 14.4. The summed E-state index contributed by atoms with van der Waals surface area (Å²) < 4.78 is 23.7. The summed E-state index contributed by atoms with van der Waals surface area (Å²) in [5, 5.41) is 0.649. The van der Waals surface area contributed by atoms with Crippen LogP contribution in [-0.4, -0.2) is 12.6 Å². The summed E-state index contributed by atoms with van der Waals surface area (Å²) in [7, 11) is -3.32. The van der Waals surface area contributed by atoms with Crippen molar-refractivity contribution in [2.24, 2.45) is 5.73 Å². The highest BCUT2D eigenvalue weighted by atomic mass is 35.5. The fourth-order valence-corrected chi connectivity index (χ4v) is 3.94. The molecular weight excluding hydrogens is 321 g/mol. The van der Waals surface area contributed by atoms with Gasteiger partial charge in [-0.15, -0.1) is 0 Å². The number of allylic oxidation sites excluding steroid dienone is 2. The molecule has 1 heterocycles. The van der Waals surface area contributed by atoms with Gasteiger partial charge in [0.1, 0.15) is 5.76 Å². The molecule has 2 atom stereocenters. The zero-order valence-electron chi connectivity index (χ0n) is 12.8. The molecule has 120 valence electrons. The van der Waals surface area contributed by atoms with Crippen molar-refractivity contribution in [2.75, 3.05) is 6.61 Å². The van der Waals surface area contributed by atoms with Gasteiger partial charge in [-0.3, -0.25) is 4.52 Å². The van der Waals surface area contributed by atoms with Gasteiger partial charge >= 0.3 is 7.60 Å². The van der Waals surface area contributed by atoms with Crippen LogP contribution in [0, 0.1) is 0 Å². The fourth-order valence-electron chi connectivity index (χ4n) is 2.23. The zero-order chi connectivity index (χ0) is 16.2. The van der Waals surface area contributed by atoms with E-state index in [0.29, 0.717) is 17.4 Å². The van der Waals surface area contributed by atoms with Crippen LogP contribution in [0.2, 0.25) is 5.02 Å². The summed E-state index contributed by atoms with van der Waals surface area (Å²) in [5.74, 6) is 2.05. The highest BCUT2D eigenvalue weighted by Crippen LogP contribution is 2.56. The Balaban J connectivity index is 2.40. The molecule has 2 unspecified atom stereocenters. The fraction of sp³-hybridized carbons (Fsp3) is 0.375. The van der Waals surface area contributed by atoms with E-state index in [1.54, 1.807) is 24.9 Å². The van der Waals surface area contributed by atoms with Crippen molar-refractivity contribution in [2.45, 2.75) is 32.7 Å². The highest BCUT2D eigenvalue weighted by molar-refractivity contribution is 7.57. The van der Waals surface area contributed by atoms with Crippen LogP contribution in [0.15, 0.2) is 41.9 Å².